The molecule has 1 N–H and O–H groups in total. The molecule has 0 fully saturated rings. The minimum atomic E-state index is 0.608. The fraction of sp³-hybridized carbons (Fsp3) is 0.167. The van der Waals surface area contributed by atoms with E-state index in [1.165, 1.54) is 6.33 Å². The van der Waals surface area contributed by atoms with Gasteiger partial charge in [0.05, 0.1) is 10.2 Å². The van der Waals surface area contributed by atoms with E-state index in [9.17, 15) is 0 Å². The summed E-state index contributed by atoms with van der Waals surface area (Å²) < 4.78 is 6.09. The lowest BCUT2D eigenvalue weighted by Crippen LogP contribution is -1.97. The second-order valence-electron chi connectivity index (χ2n) is 3.48. The van der Waals surface area contributed by atoms with Crippen molar-refractivity contribution in [1.82, 2.24) is 9.97 Å². The van der Waals surface area contributed by atoms with Gasteiger partial charge in [0, 0.05) is 19.0 Å². The van der Waals surface area contributed by atoms with Gasteiger partial charge < -0.3 is 10.1 Å². The van der Waals surface area contributed by atoms with Crippen molar-refractivity contribution in [2.45, 2.75) is 6.61 Å². The van der Waals surface area contributed by atoms with Gasteiger partial charge in [0.15, 0.2) is 0 Å². The maximum atomic E-state index is 5.10. The fourth-order valence-electron chi connectivity index (χ4n) is 1.45. The Morgan fingerprint density at radius 3 is 3.06 bits per heavy atom. The number of anilines is 2. The number of halogens is 1. The second kappa shape index (κ2) is 5.92. The quantitative estimate of drug-likeness (QED) is 0.869. The highest BCUT2D eigenvalue weighted by Gasteiger charge is 2.01. The summed E-state index contributed by atoms with van der Waals surface area (Å²) in [6.45, 7) is 0.608. The Hall–Kier alpha value is -1.21. The van der Waals surface area contributed by atoms with Crippen LogP contribution < -0.4 is 5.32 Å². The summed E-state index contributed by atoms with van der Waals surface area (Å²) in [6, 6.07) is 8.06. The highest BCUT2D eigenvalue weighted by Crippen LogP contribution is 2.20. The van der Waals surface area contributed by atoms with Crippen LogP contribution in [0.5, 0.6) is 0 Å². The van der Waals surface area contributed by atoms with E-state index >= 15 is 0 Å². The largest absolute Gasteiger partial charge is 0.380 e. The molecule has 1 heterocycles. The average molecular weight is 341 g/mol. The van der Waals surface area contributed by atoms with Crippen LogP contribution in [-0.4, -0.2) is 17.1 Å². The van der Waals surface area contributed by atoms with Crippen molar-refractivity contribution in [2.24, 2.45) is 0 Å². The zero-order chi connectivity index (χ0) is 12.1. The third kappa shape index (κ3) is 3.37. The van der Waals surface area contributed by atoms with Crippen LogP contribution in [-0.2, 0) is 11.3 Å². The van der Waals surface area contributed by atoms with Gasteiger partial charge in [-0.1, -0.05) is 12.1 Å². The Morgan fingerprint density at radius 2 is 2.29 bits per heavy atom. The number of hydrogen-bond donors (Lipinski definition) is 1. The minimum Gasteiger partial charge on any atom is -0.380 e. The minimum absolute atomic E-state index is 0.608. The number of hydrogen-bond acceptors (Lipinski definition) is 4. The number of benzene rings is 1. The van der Waals surface area contributed by atoms with Crippen LogP contribution in [0.2, 0.25) is 0 Å². The summed E-state index contributed by atoms with van der Waals surface area (Å²) in [7, 11) is 1.69. The van der Waals surface area contributed by atoms with E-state index in [1.54, 1.807) is 13.3 Å². The van der Waals surface area contributed by atoms with Gasteiger partial charge in [0.25, 0.3) is 0 Å². The van der Waals surface area contributed by atoms with E-state index in [0.717, 1.165) is 20.6 Å². The first-order valence-corrected chi connectivity index (χ1v) is 6.18. The summed E-state index contributed by atoms with van der Waals surface area (Å²) in [4.78, 5) is 8.14. The van der Waals surface area contributed by atoms with Crippen LogP contribution >= 0.6 is 22.6 Å². The summed E-state index contributed by atoms with van der Waals surface area (Å²) in [5.41, 5.74) is 2.12. The number of methoxy groups -OCH3 is 1. The van der Waals surface area contributed by atoms with Crippen molar-refractivity contribution in [3.63, 3.8) is 0 Å². The van der Waals surface area contributed by atoms with E-state index in [4.69, 9.17) is 4.74 Å². The van der Waals surface area contributed by atoms with E-state index < -0.39 is 0 Å². The number of aromatic nitrogens is 2. The normalized spacial score (nSPS) is 10.2. The lowest BCUT2D eigenvalue weighted by molar-refractivity contribution is 0.185. The summed E-state index contributed by atoms with van der Waals surface area (Å²) in [5.74, 6) is 0.815. The monoisotopic (exact) mass is 341 g/mol. The maximum absolute atomic E-state index is 5.10. The second-order valence-corrected chi connectivity index (χ2v) is 4.64. The van der Waals surface area contributed by atoms with Crippen LogP contribution in [0.3, 0.4) is 0 Å². The molecule has 17 heavy (non-hydrogen) atoms. The van der Waals surface area contributed by atoms with Crippen molar-refractivity contribution in [3.05, 3.63) is 45.9 Å². The van der Waals surface area contributed by atoms with Gasteiger partial charge in [-0.2, -0.15) is 0 Å². The molecule has 0 bridgehead atoms. The van der Waals surface area contributed by atoms with Gasteiger partial charge in [-0.25, -0.2) is 9.97 Å². The molecular weight excluding hydrogens is 329 g/mol. The summed E-state index contributed by atoms with van der Waals surface area (Å²) >= 11 is 2.20. The number of rotatable bonds is 4. The highest BCUT2D eigenvalue weighted by molar-refractivity contribution is 14.1. The number of ether oxygens (including phenoxy) is 1. The average Bonchev–Trinajstić information content (AvgIpc) is 2.33. The lowest BCUT2D eigenvalue weighted by atomic mass is 10.2. The topological polar surface area (TPSA) is 47.0 Å². The highest BCUT2D eigenvalue weighted by atomic mass is 127. The van der Waals surface area contributed by atoms with Gasteiger partial charge >= 0.3 is 0 Å². The molecule has 0 aliphatic carbocycles. The van der Waals surface area contributed by atoms with Crippen LogP contribution in [0.4, 0.5) is 11.5 Å². The molecule has 2 rings (SSSR count). The van der Waals surface area contributed by atoms with Crippen LogP contribution in [0, 0.1) is 3.57 Å². The zero-order valence-electron chi connectivity index (χ0n) is 9.35. The molecule has 0 saturated heterocycles. The molecule has 0 saturated carbocycles. The molecule has 4 nitrogen and oxygen atoms in total. The molecule has 0 spiro atoms. The third-order valence-electron chi connectivity index (χ3n) is 2.17. The zero-order valence-corrected chi connectivity index (χ0v) is 11.5. The molecule has 0 amide bonds. The Balaban J connectivity index is 2.18. The van der Waals surface area contributed by atoms with E-state index in [2.05, 4.69) is 37.9 Å². The first-order chi connectivity index (χ1) is 8.29. The van der Waals surface area contributed by atoms with E-state index in [-0.39, 0.29) is 0 Å². The van der Waals surface area contributed by atoms with Gasteiger partial charge in [0.2, 0.25) is 0 Å². The molecule has 0 unspecified atom stereocenters. The summed E-state index contributed by atoms with van der Waals surface area (Å²) in [5, 5.41) is 3.26. The van der Waals surface area contributed by atoms with Gasteiger partial charge in [-0.3, -0.25) is 0 Å². The molecule has 0 aliphatic rings. The van der Waals surface area contributed by atoms with E-state index in [0.29, 0.717) is 6.61 Å². The SMILES string of the molecule is COCc1cccc(Nc2ncncc2I)c1. The van der Waals surface area contributed by atoms with Crippen LogP contribution in [0.1, 0.15) is 5.56 Å². The van der Waals surface area contributed by atoms with Crippen molar-refractivity contribution in [2.75, 3.05) is 12.4 Å². The maximum Gasteiger partial charge on any atom is 0.147 e. The standard InChI is InChI=1S/C12H12IN3O/c1-17-7-9-3-2-4-10(5-9)16-12-11(13)6-14-8-15-12/h2-6,8H,7H2,1H3,(H,14,15,16). The van der Waals surface area contributed by atoms with Crippen molar-refractivity contribution < 1.29 is 4.74 Å². The Kier molecular flexibility index (Phi) is 4.27. The van der Waals surface area contributed by atoms with Gasteiger partial charge in [0.1, 0.15) is 12.1 Å². The van der Waals surface area contributed by atoms with E-state index in [1.807, 2.05) is 24.3 Å². The smallest absolute Gasteiger partial charge is 0.147 e. The predicted octanol–water partition coefficient (Wildman–Crippen LogP) is 2.97. The molecule has 1 aromatic carbocycles. The van der Waals surface area contributed by atoms with Crippen molar-refractivity contribution in [1.29, 1.82) is 0 Å². The Morgan fingerprint density at radius 1 is 1.41 bits per heavy atom. The molecular formula is C12H12IN3O. The number of nitrogens with zero attached hydrogens (tertiary/aromatic N) is 2. The Labute approximate surface area is 114 Å². The number of nitrogens with one attached hydrogen (secondary N) is 1. The lowest BCUT2D eigenvalue weighted by Gasteiger charge is -2.08. The molecule has 88 valence electrons. The van der Waals surface area contributed by atoms with Gasteiger partial charge in [-0.05, 0) is 40.3 Å². The first kappa shape index (κ1) is 12.3. The van der Waals surface area contributed by atoms with Gasteiger partial charge in [-0.15, -0.1) is 0 Å². The molecule has 5 heteroatoms. The Bertz CT molecular complexity index is 505. The molecule has 0 radical (unpaired) electrons. The van der Waals surface area contributed by atoms with Crippen molar-refractivity contribution >= 4 is 34.1 Å². The molecule has 0 aliphatic heterocycles. The van der Waals surface area contributed by atoms with Crippen LogP contribution in [0.25, 0.3) is 0 Å². The molecule has 1 aromatic heterocycles. The third-order valence-corrected chi connectivity index (χ3v) is 2.96. The predicted molar refractivity (Wildman–Crippen MR) is 75.2 cm³/mol. The summed E-state index contributed by atoms with van der Waals surface area (Å²) in [6.07, 6.45) is 3.30. The first-order valence-electron chi connectivity index (χ1n) is 5.10. The van der Waals surface area contributed by atoms with Crippen molar-refractivity contribution in [3.8, 4) is 0 Å². The molecule has 0 atom stereocenters. The molecule has 2 aromatic rings. The van der Waals surface area contributed by atoms with Crippen LogP contribution in [0.15, 0.2) is 36.8 Å². The fourth-order valence-corrected chi connectivity index (χ4v) is 1.88.